The highest BCUT2D eigenvalue weighted by Crippen LogP contribution is 2.23. The van der Waals surface area contributed by atoms with E-state index in [4.69, 9.17) is 4.42 Å². The van der Waals surface area contributed by atoms with E-state index in [1.54, 1.807) is 24.3 Å². The van der Waals surface area contributed by atoms with Crippen molar-refractivity contribution in [2.24, 2.45) is 0 Å². The Bertz CT molecular complexity index is 508. The Morgan fingerprint density at radius 1 is 1.23 bits per heavy atom. The van der Waals surface area contributed by atoms with Crippen molar-refractivity contribution < 1.29 is 16.7 Å². The number of hydrogen-bond acceptors (Lipinski definition) is 3. The SMILES string of the molecule is O=S(=O)(F)c1cc2ccccc2o1. The second kappa shape index (κ2) is 2.56. The first kappa shape index (κ1) is 8.25. The number of para-hydroxylation sites is 1. The zero-order valence-electron chi connectivity index (χ0n) is 6.40. The maximum absolute atomic E-state index is 12.4. The lowest BCUT2D eigenvalue weighted by atomic mass is 10.3. The average molecular weight is 200 g/mol. The molecule has 2 aromatic rings. The van der Waals surface area contributed by atoms with Crippen LogP contribution in [0.2, 0.25) is 0 Å². The van der Waals surface area contributed by atoms with Gasteiger partial charge in [0, 0.05) is 11.5 Å². The molecule has 0 saturated heterocycles. The number of fused-ring (bicyclic) bond motifs is 1. The number of furan rings is 1. The highest BCUT2D eigenvalue weighted by molar-refractivity contribution is 7.86. The van der Waals surface area contributed by atoms with E-state index in [-0.39, 0.29) is 0 Å². The summed E-state index contributed by atoms with van der Waals surface area (Å²) in [4.78, 5) is 0. The molecular weight excluding hydrogens is 195 g/mol. The Hall–Kier alpha value is -1.36. The van der Waals surface area contributed by atoms with E-state index in [1.165, 1.54) is 0 Å². The summed E-state index contributed by atoms with van der Waals surface area (Å²) < 4.78 is 38.1. The van der Waals surface area contributed by atoms with Crippen molar-refractivity contribution in [3.63, 3.8) is 0 Å². The first-order valence-electron chi connectivity index (χ1n) is 3.50. The molecule has 0 atom stereocenters. The molecule has 5 heteroatoms. The standard InChI is InChI=1S/C8H5FO3S/c9-13(10,11)8-5-6-3-1-2-4-7(6)12-8/h1-5H. The van der Waals surface area contributed by atoms with Gasteiger partial charge in [-0.3, -0.25) is 0 Å². The van der Waals surface area contributed by atoms with E-state index in [0.29, 0.717) is 11.0 Å². The van der Waals surface area contributed by atoms with Crippen molar-refractivity contribution in [1.29, 1.82) is 0 Å². The molecule has 0 fully saturated rings. The van der Waals surface area contributed by atoms with Crippen LogP contribution in [0.15, 0.2) is 39.8 Å². The fourth-order valence-corrected chi connectivity index (χ4v) is 1.53. The summed E-state index contributed by atoms with van der Waals surface area (Å²) >= 11 is 0. The molecule has 68 valence electrons. The van der Waals surface area contributed by atoms with Crippen LogP contribution in [0.4, 0.5) is 3.89 Å². The van der Waals surface area contributed by atoms with Crippen LogP contribution < -0.4 is 0 Å². The monoisotopic (exact) mass is 200 g/mol. The molecule has 0 aliphatic rings. The largest absolute Gasteiger partial charge is 0.442 e. The van der Waals surface area contributed by atoms with Crippen LogP contribution in [-0.4, -0.2) is 8.42 Å². The molecule has 0 saturated carbocycles. The molecule has 3 nitrogen and oxygen atoms in total. The smallest absolute Gasteiger partial charge is 0.365 e. The molecule has 0 amide bonds. The van der Waals surface area contributed by atoms with Crippen LogP contribution in [0.1, 0.15) is 0 Å². The number of rotatable bonds is 1. The van der Waals surface area contributed by atoms with E-state index < -0.39 is 15.3 Å². The number of hydrogen-bond donors (Lipinski definition) is 0. The van der Waals surface area contributed by atoms with Gasteiger partial charge in [0.25, 0.3) is 5.09 Å². The Balaban J connectivity index is 2.77. The van der Waals surface area contributed by atoms with Gasteiger partial charge in [0.2, 0.25) is 0 Å². The third-order valence-electron chi connectivity index (χ3n) is 1.64. The molecule has 13 heavy (non-hydrogen) atoms. The normalized spacial score (nSPS) is 12.1. The Morgan fingerprint density at radius 3 is 2.54 bits per heavy atom. The lowest BCUT2D eigenvalue weighted by Crippen LogP contribution is -1.86. The van der Waals surface area contributed by atoms with Crippen molar-refractivity contribution in [2.45, 2.75) is 5.09 Å². The Kier molecular flexibility index (Phi) is 1.63. The predicted molar refractivity (Wildman–Crippen MR) is 44.5 cm³/mol. The number of benzene rings is 1. The second-order valence-electron chi connectivity index (χ2n) is 2.54. The van der Waals surface area contributed by atoms with Crippen LogP contribution >= 0.6 is 0 Å². The zero-order valence-corrected chi connectivity index (χ0v) is 7.21. The third kappa shape index (κ3) is 1.42. The summed E-state index contributed by atoms with van der Waals surface area (Å²) in [5, 5.41) is -0.0765. The van der Waals surface area contributed by atoms with E-state index in [1.807, 2.05) is 0 Å². The lowest BCUT2D eigenvalue weighted by molar-refractivity contribution is 0.460. The molecule has 0 unspecified atom stereocenters. The van der Waals surface area contributed by atoms with Crippen molar-refractivity contribution in [3.8, 4) is 0 Å². The molecular formula is C8H5FO3S. The summed E-state index contributed by atoms with van der Waals surface area (Å²) in [5.74, 6) is 0. The van der Waals surface area contributed by atoms with Gasteiger partial charge in [-0.05, 0) is 6.07 Å². The fourth-order valence-electron chi connectivity index (χ4n) is 1.08. The average Bonchev–Trinajstić information content (AvgIpc) is 2.45. The van der Waals surface area contributed by atoms with Crippen molar-refractivity contribution in [1.82, 2.24) is 0 Å². The maximum Gasteiger partial charge on any atom is 0.365 e. The van der Waals surface area contributed by atoms with Crippen LogP contribution in [0.5, 0.6) is 0 Å². The van der Waals surface area contributed by atoms with Crippen LogP contribution in [0.3, 0.4) is 0 Å². The second-order valence-corrected chi connectivity index (χ2v) is 3.82. The molecule has 1 aromatic heterocycles. The summed E-state index contributed by atoms with van der Waals surface area (Å²) in [6.07, 6.45) is 0. The van der Waals surface area contributed by atoms with E-state index >= 15 is 0 Å². The van der Waals surface area contributed by atoms with Crippen LogP contribution in [0.25, 0.3) is 11.0 Å². The maximum atomic E-state index is 12.4. The highest BCUT2D eigenvalue weighted by Gasteiger charge is 2.17. The van der Waals surface area contributed by atoms with E-state index in [9.17, 15) is 12.3 Å². The van der Waals surface area contributed by atoms with Gasteiger partial charge in [0.05, 0.1) is 0 Å². The van der Waals surface area contributed by atoms with Gasteiger partial charge in [-0.15, -0.1) is 0 Å². The first-order chi connectivity index (χ1) is 6.07. The van der Waals surface area contributed by atoms with Gasteiger partial charge in [-0.1, -0.05) is 22.1 Å². The third-order valence-corrected chi connectivity index (χ3v) is 2.33. The minimum atomic E-state index is -4.73. The minimum Gasteiger partial charge on any atom is -0.442 e. The summed E-state index contributed by atoms with van der Waals surface area (Å²) in [7, 11) is -4.73. The summed E-state index contributed by atoms with van der Waals surface area (Å²) in [5.41, 5.74) is 0.360. The van der Waals surface area contributed by atoms with E-state index in [0.717, 1.165) is 6.07 Å². The van der Waals surface area contributed by atoms with Gasteiger partial charge >= 0.3 is 10.2 Å². The lowest BCUT2D eigenvalue weighted by Gasteiger charge is -1.84. The molecule has 2 rings (SSSR count). The molecule has 0 aliphatic carbocycles. The topological polar surface area (TPSA) is 47.3 Å². The van der Waals surface area contributed by atoms with Gasteiger partial charge in [-0.2, -0.15) is 8.42 Å². The highest BCUT2D eigenvalue weighted by atomic mass is 32.3. The van der Waals surface area contributed by atoms with Crippen LogP contribution in [-0.2, 0) is 10.2 Å². The molecule has 1 aromatic carbocycles. The van der Waals surface area contributed by atoms with Gasteiger partial charge < -0.3 is 4.42 Å². The fraction of sp³-hybridized carbons (Fsp3) is 0. The minimum absolute atomic E-state index is 0.360. The van der Waals surface area contributed by atoms with Crippen LogP contribution in [0, 0.1) is 0 Å². The predicted octanol–water partition coefficient (Wildman–Crippen LogP) is 2.09. The van der Waals surface area contributed by atoms with Gasteiger partial charge in [0.1, 0.15) is 5.58 Å². The Labute approximate surface area is 74.0 Å². The van der Waals surface area contributed by atoms with E-state index in [2.05, 4.69) is 0 Å². The van der Waals surface area contributed by atoms with Crippen molar-refractivity contribution in [2.75, 3.05) is 0 Å². The zero-order chi connectivity index (χ0) is 9.47. The van der Waals surface area contributed by atoms with Crippen molar-refractivity contribution >= 4 is 21.2 Å². The molecule has 0 N–H and O–H groups in total. The quantitative estimate of drug-likeness (QED) is 0.662. The van der Waals surface area contributed by atoms with Crippen molar-refractivity contribution in [3.05, 3.63) is 30.3 Å². The summed E-state index contributed by atoms with van der Waals surface area (Å²) in [6, 6.07) is 7.77. The molecule has 0 bridgehead atoms. The molecule has 0 spiro atoms. The molecule has 0 radical (unpaired) electrons. The molecule has 0 aliphatic heterocycles. The van der Waals surface area contributed by atoms with Gasteiger partial charge in [-0.25, -0.2) is 0 Å². The summed E-state index contributed by atoms with van der Waals surface area (Å²) in [6.45, 7) is 0. The van der Waals surface area contributed by atoms with Gasteiger partial charge in [0.15, 0.2) is 0 Å². The number of halogens is 1. The molecule has 1 heterocycles. The first-order valence-corrected chi connectivity index (χ1v) is 4.89. The Morgan fingerprint density at radius 2 is 1.92 bits per heavy atom.